The van der Waals surface area contributed by atoms with Gasteiger partial charge >= 0.3 is 0 Å². The standard InChI is InChI=1S/C13H23N3O2.ClH/c17-12-5-2-8-16(12)9-3-7-15-13(18)11-4-1-6-14-10-11;/h11,14H,1-10H2,(H,15,18);1H. The number of nitrogens with zero attached hydrogens (tertiary/aromatic N) is 1. The number of carbonyl (C=O) groups is 2. The SMILES string of the molecule is Cl.O=C(NCCCN1CCCC1=O)C1CCCNC1. The van der Waals surface area contributed by atoms with E-state index < -0.39 is 0 Å². The second-order valence-corrected chi connectivity index (χ2v) is 5.17. The molecule has 5 nitrogen and oxygen atoms in total. The van der Waals surface area contributed by atoms with Gasteiger partial charge in [0.25, 0.3) is 0 Å². The molecule has 0 aromatic heterocycles. The molecule has 19 heavy (non-hydrogen) atoms. The molecule has 0 aliphatic carbocycles. The number of piperidine rings is 1. The second-order valence-electron chi connectivity index (χ2n) is 5.17. The lowest BCUT2D eigenvalue weighted by Gasteiger charge is -2.22. The van der Waals surface area contributed by atoms with Crippen molar-refractivity contribution in [2.75, 3.05) is 32.7 Å². The minimum atomic E-state index is 0. The molecule has 0 saturated carbocycles. The van der Waals surface area contributed by atoms with Crippen molar-refractivity contribution in [3.8, 4) is 0 Å². The highest BCUT2D eigenvalue weighted by Gasteiger charge is 2.21. The number of amides is 2. The van der Waals surface area contributed by atoms with Crippen molar-refractivity contribution in [1.29, 1.82) is 0 Å². The highest BCUT2D eigenvalue weighted by Crippen LogP contribution is 2.10. The van der Waals surface area contributed by atoms with Gasteiger partial charge in [-0.25, -0.2) is 0 Å². The molecule has 1 unspecified atom stereocenters. The van der Waals surface area contributed by atoms with Crippen LogP contribution in [-0.2, 0) is 9.59 Å². The first-order chi connectivity index (χ1) is 8.77. The van der Waals surface area contributed by atoms with Gasteiger partial charge in [0.1, 0.15) is 0 Å². The number of likely N-dealkylation sites (tertiary alicyclic amines) is 1. The zero-order valence-electron chi connectivity index (χ0n) is 11.3. The van der Waals surface area contributed by atoms with E-state index in [0.29, 0.717) is 13.0 Å². The van der Waals surface area contributed by atoms with Crippen LogP contribution in [0.4, 0.5) is 0 Å². The maximum atomic E-state index is 11.8. The summed E-state index contributed by atoms with van der Waals surface area (Å²) in [4.78, 5) is 25.1. The molecule has 2 fully saturated rings. The van der Waals surface area contributed by atoms with Crippen molar-refractivity contribution in [3.63, 3.8) is 0 Å². The van der Waals surface area contributed by atoms with Crippen LogP contribution in [-0.4, -0.2) is 49.4 Å². The molecule has 2 saturated heterocycles. The largest absolute Gasteiger partial charge is 0.356 e. The zero-order chi connectivity index (χ0) is 12.8. The molecule has 0 spiro atoms. The minimum absolute atomic E-state index is 0. The van der Waals surface area contributed by atoms with Gasteiger partial charge in [0.15, 0.2) is 0 Å². The van der Waals surface area contributed by atoms with Gasteiger partial charge in [-0.3, -0.25) is 9.59 Å². The van der Waals surface area contributed by atoms with E-state index in [0.717, 1.165) is 51.9 Å². The quantitative estimate of drug-likeness (QED) is 0.726. The van der Waals surface area contributed by atoms with Crippen LogP contribution in [0, 0.1) is 5.92 Å². The zero-order valence-corrected chi connectivity index (χ0v) is 12.1. The summed E-state index contributed by atoms with van der Waals surface area (Å²) >= 11 is 0. The first-order valence-electron chi connectivity index (χ1n) is 7.03. The van der Waals surface area contributed by atoms with Crippen LogP contribution in [0.3, 0.4) is 0 Å². The molecule has 0 bridgehead atoms. The Morgan fingerprint density at radius 1 is 1.42 bits per heavy atom. The van der Waals surface area contributed by atoms with E-state index in [2.05, 4.69) is 10.6 Å². The molecule has 0 radical (unpaired) electrons. The minimum Gasteiger partial charge on any atom is -0.356 e. The summed E-state index contributed by atoms with van der Waals surface area (Å²) in [6.07, 6.45) is 4.61. The van der Waals surface area contributed by atoms with Crippen LogP contribution in [0.15, 0.2) is 0 Å². The Hall–Kier alpha value is -0.810. The number of halogens is 1. The van der Waals surface area contributed by atoms with Gasteiger partial charge in [0.2, 0.25) is 11.8 Å². The van der Waals surface area contributed by atoms with Crippen LogP contribution in [0.5, 0.6) is 0 Å². The van der Waals surface area contributed by atoms with E-state index >= 15 is 0 Å². The lowest BCUT2D eigenvalue weighted by Crippen LogP contribution is -2.41. The summed E-state index contributed by atoms with van der Waals surface area (Å²) in [5, 5.41) is 6.22. The fourth-order valence-corrected chi connectivity index (χ4v) is 2.64. The van der Waals surface area contributed by atoms with Gasteiger partial charge in [0, 0.05) is 32.6 Å². The molecule has 6 heteroatoms. The monoisotopic (exact) mass is 289 g/mol. The molecule has 2 N–H and O–H groups in total. The number of carbonyl (C=O) groups excluding carboxylic acids is 2. The maximum absolute atomic E-state index is 11.8. The molecular weight excluding hydrogens is 266 g/mol. The van der Waals surface area contributed by atoms with Crippen molar-refractivity contribution in [2.45, 2.75) is 32.1 Å². The van der Waals surface area contributed by atoms with E-state index in [1.54, 1.807) is 0 Å². The third-order valence-electron chi connectivity index (χ3n) is 3.74. The van der Waals surface area contributed by atoms with Gasteiger partial charge in [0.05, 0.1) is 5.92 Å². The van der Waals surface area contributed by atoms with E-state index in [1.807, 2.05) is 4.90 Å². The van der Waals surface area contributed by atoms with E-state index in [1.165, 1.54) is 0 Å². The third-order valence-corrected chi connectivity index (χ3v) is 3.74. The Morgan fingerprint density at radius 3 is 2.89 bits per heavy atom. The number of hydrogen-bond donors (Lipinski definition) is 2. The predicted octanol–water partition coefficient (Wildman–Crippen LogP) is 0.536. The molecular formula is C13H24ClN3O2. The van der Waals surface area contributed by atoms with E-state index in [9.17, 15) is 9.59 Å². The molecule has 2 amide bonds. The summed E-state index contributed by atoms with van der Waals surface area (Å²) in [6, 6.07) is 0. The van der Waals surface area contributed by atoms with Crippen molar-refractivity contribution >= 4 is 24.2 Å². The molecule has 110 valence electrons. The summed E-state index contributed by atoms with van der Waals surface area (Å²) in [6.45, 7) is 4.18. The van der Waals surface area contributed by atoms with Crippen LogP contribution in [0.1, 0.15) is 32.1 Å². The van der Waals surface area contributed by atoms with Crippen molar-refractivity contribution < 1.29 is 9.59 Å². The van der Waals surface area contributed by atoms with E-state index in [-0.39, 0.29) is 30.1 Å². The van der Waals surface area contributed by atoms with Gasteiger partial charge in [-0.1, -0.05) is 0 Å². The molecule has 2 aliphatic rings. The van der Waals surface area contributed by atoms with Gasteiger partial charge in [-0.2, -0.15) is 0 Å². The summed E-state index contributed by atoms with van der Waals surface area (Å²) in [7, 11) is 0. The highest BCUT2D eigenvalue weighted by atomic mass is 35.5. The lowest BCUT2D eigenvalue weighted by atomic mass is 9.99. The lowest BCUT2D eigenvalue weighted by molar-refractivity contribution is -0.127. The van der Waals surface area contributed by atoms with Crippen molar-refractivity contribution in [3.05, 3.63) is 0 Å². The third kappa shape index (κ3) is 4.99. The fraction of sp³-hybridized carbons (Fsp3) is 0.846. The number of rotatable bonds is 5. The van der Waals surface area contributed by atoms with Gasteiger partial charge < -0.3 is 15.5 Å². The average molecular weight is 290 g/mol. The average Bonchev–Trinajstić information content (AvgIpc) is 2.81. The van der Waals surface area contributed by atoms with Crippen LogP contribution in [0.25, 0.3) is 0 Å². The number of hydrogen-bond acceptors (Lipinski definition) is 3. The Labute approximate surface area is 120 Å². The molecule has 2 heterocycles. The Kier molecular flexibility index (Phi) is 7.16. The molecule has 2 rings (SSSR count). The maximum Gasteiger partial charge on any atom is 0.224 e. The molecule has 2 aliphatic heterocycles. The molecule has 1 atom stereocenters. The summed E-state index contributed by atoms with van der Waals surface area (Å²) in [5.41, 5.74) is 0. The topological polar surface area (TPSA) is 61.4 Å². The molecule has 0 aromatic carbocycles. The smallest absolute Gasteiger partial charge is 0.224 e. The van der Waals surface area contributed by atoms with Crippen molar-refractivity contribution in [2.24, 2.45) is 5.92 Å². The van der Waals surface area contributed by atoms with Crippen molar-refractivity contribution in [1.82, 2.24) is 15.5 Å². The summed E-state index contributed by atoms with van der Waals surface area (Å²) < 4.78 is 0. The Morgan fingerprint density at radius 2 is 2.26 bits per heavy atom. The number of nitrogens with one attached hydrogen (secondary N) is 2. The molecule has 0 aromatic rings. The summed E-state index contributed by atoms with van der Waals surface area (Å²) in [5.74, 6) is 0.555. The normalized spacial score (nSPS) is 23.1. The van der Waals surface area contributed by atoms with E-state index in [4.69, 9.17) is 0 Å². The predicted molar refractivity (Wildman–Crippen MR) is 76.3 cm³/mol. The fourth-order valence-electron chi connectivity index (χ4n) is 2.64. The Balaban J connectivity index is 0.00000180. The first kappa shape index (κ1) is 16.2. The van der Waals surface area contributed by atoms with Crippen LogP contribution in [0.2, 0.25) is 0 Å². The Bertz CT molecular complexity index is 306. The first-order valence-corrected chi connectivity index (χ1v) is 7.03. The highest BCUT2D eigenvalue weighted by molar-refractivity contribution is 5.85. The van der Waals surface area contributed by atoms with Crippen LogP contribution >= 0.6 is 12.4 Å². The van der Waals surface area contributed by atoms with Gasteiger partial charge in [-0.15, -0.1) is 12.4 Å². The van der Waals surface area contributed by atoms with Gasteiger partial charge in [-0.05, 0) is 32.2 Å². The van der Waals surface area contributed by atoms with Crippen LogP contribution < -0.4 is 10.6 Å². The second kappa shape index (κ2) is 8.38.